The molecule has 1 aromatic rings. The summed E-state index contributed by atoms with van der Waals surface area (Å²) < 4.78 is 0. The molecule has 0 radical (unpaired) electrons. The monoisotopic (exact) mass is 266 g/mol. The van der Waals surface area contributed by atoms with Crippen LogP contribution in [0.15, 0.2) is 5.38 Å². The summed E-state index contributed by atoms with van der Waals surface area (Å²) in [6.45, 7) is 3.65. The second-order valence-electron chi connectivity index (χ2n) is 3.53. The number of hydrogen-bond acceptors (Lipinski definition) is 3. The zero-order chi connectivity index (χ0) is 11.5. The molecular weight excluding hydrogens is 255 g/mol. The molecule has 84 valence electrons. The van der Waals surface area contributed by atoms with Crippen LogP contribution in [-0.2, 0) is 0 Å². The minimum absolute atomic E-state index is 0.233. The Morgan fingerprint density at radius 1 is 1.60 bits per heavy atom. The summed E-state index contributed by atoms with van der Waals surface area (Å²) >= 11 is 12.9. The van der Waals surface area contributed by atoms with E-state index in [1.54, 1.807) is 12.3 Å². The van der Waals surface area contributed by atoms with E-state index in [2.05, 4.69) is 10.3 Å². The molecule has 0 saturated carbocycles. The molecule has 0 aliphatic heterocycles. The van der Waals surface area contributed by atoms with E-state index in [-0.39, 0.29) is 17.7 Å². The number of carbonyl (C=O) groups is 1. The highest BCUT2D eigenvalue weighted by atomic mass is 35.5. The van der Waals surface area contributed by atoms with Crippen molar-refractivity contribution < 1.29 is 4.79 Å². The molecule has 1 heterocycles. The number of alkyl halides is 2. The lowest BCUT2D eigenvalue weighted by molar-refractivity contribution is 0.0917. The van der Waals surface area contributed by atoms with Gasteiger partial charge in [0, 0.05) is 17.1 Å². The largest absolute Gasteiger partial charge is 0.343 e. The van der Waals surface area contributed by atoms with Crippen molar-refractivity contribution in [2.75, 3.05) is 11.8 Å². The summed E-state index contributed by atoms with van der Waals surface area (Å²) in [7, 11) is 0. The molecule has 6 heteroatoms. The van der Waals surface area contributed by atoms with Crippen molar-refractivity contribution in [1.82, 2.24) is 10.3 Å². The Bertz CT molecular complexity index is 350. The van der Waals surface area contributed by atoms with E-state index in [1.165, 1.54) is 11.3 Å². The SMILES string of the molecule is Cc1nc(C(=O)NC(C)(CCl)CCl)cs1. The van der Waals surface area contributed by atoms with Crippen LogP contribution in [0.25, 0.3) is 0 Å². The van der Waals surface area contributed by atoms with Crippen LogP contribution in [0.3, 0.4) is 0 Å². The number of nitrogens with zero attached hydrogens (tertiary/aromatic N) is 1. The fourth-order valence-corrected chi connectivity index (χ4v) is 1.92. The second-order valence-corrected chi connectivity index (χ2v) is 5.13. The van der Waals surface area contributed by atoms with Crippen LogP contribution in [0.5, 0.6) is 0 Å². The maximum absolute atomic E-state index is 11.7. The van der Waals surface area contributed by atoms with Gasteiger partial charge in [-0.2, -0.15) is 0 Å². The smallest absolute Gasteiger partial charge is 0.271 e. The predicted molar refractivity (Wildman–Crippen MR) is 64.2 cm³/mol. The molecule has 0 aliphatic carbocycles. The normalized spacial score (nSPS) is 11.5. The Labute approximate surface area is 103 Å². The number of rotatable bonds is 4. The third-order valence-electron chi connectivity index (χ3n) is 1.86. The minimum Gasteiger partial charge on any atom is -0.343 e. The van der Waals surface area contributed by atoms with Gasteiger partial charge in [-0.1, -0.05) is 0 Å². The molecule has 0 bridgehead atoms. The Morgan fingerprint density at radius 3 is 2.60 bits per heavy atom. The highest BCUT2D eigenvalue weighted by molar-refractivity contribution is 7.09. The van der Waals surface area contributed by atoms with Crippen molar-refractivity contribution in [2.45, 2.75) is 19.4 Å². The first-order valence-electron chi connectivity index (χ1n) is 4.37. The van der Waals surface area contributed by atoms with Crippen LogP contribution in [0.2, 0.25) is 0 Å². The molecule has 0 fully saturated rings. The van der Waals surface area contributed by atoms with Crippen LogP contribution in [0, 0.1) is 6.92 Å². The Hall–Kier alpha value is -0.320. The number of aryl methyl sites for hydroxylation is 1. The average molecular weight is 267 g/mol. The highest BCUT2D eigenvalue weighted by Gasteiger charge is 2.25. The molecule has 0 saturated heterocycles. The zero-order valence-corrected chi connectivity index (χ0v) is 10.8. The van der Waals surface area contributed by atoms with Gasteiger partial charge >= 0.3 is 0 Å². The molecule has 1 rings (SSSR count). The van der Waals surface area contributed by atoms with E-state index in [0.29, 0.717) is 5.69 Å². The lowest BCUT2D eigenvalue weighted by Gasteiger charge is -2.25. The van der Waals surface area contributed by atoms with Gasteiger partial charge < -0.3 is 5.32 Å². The van der Waals surface area contributed by atoms with Crippen molar-refractivity contribution in [3.63, 3.8) is 0 Å². The number of carbonyl (C=O) groups excluding carboxylic acids is 1. The van der Waals surface area contributed by atoms with Crippen molar-refractivity contribution in [3.05, 3.63) is 16.1 Å². The zero-order valence-electron chi connectivity index (χ0n) is 8.51. The standard InChI is InChI=1S/C9H12Cl2N2OS/c1-6-12-7(3-15-6)8(14)13-9(2,4-10)5-11/h3H,4-5H2,1-2H3,(H,13,14). The first kappa shape index (κ1) is 12.7. The van der Waals surface area contributed by atoms with E-state index < -0.39 is 5.54 Å². The molecule has 1 aromatic heterocycles. The van der Waals surface area contributed by atoms with Crippen LogP contribution in [0.4, 0.5) is 0 Å². The van der Waals surface area contributed by atoms with Gasteiger partial charge in [0.05, 0.1) is 10.5 Å². The van der Waals surface area contributed by atoms with E-state index in [9.17, 15) is 4.79 Å². The number of amides is 1. The lowest BCUT2D eigenvalue weighted by atomic mass is 10.1. The average Bonchev–Trinajstić information content (AvgIpc) is 2.65. The Morgan fingerprint density at radius 2 is 2.20 bits per heavy atom. The third kappa shape index (κ3) is 3.33. The number of thiazole rings is 1. The number of halogens is 2. The molecule has 0 aliphatic rings. The molecule has 0 aromatic carbocycles. The summed E-state index contributed by atoms with van der Waals surface area (Å²) in [4.78, 5) is 15.8. The minimum atomic E-state index is -0.586. The maximum atomic E-state index is 11.7. The summed E-state index contributed by atoms with van der Waals surface area (Å²) in [5.74, 6) is 0.305. The van der Waals surface area contributed by atoms with Crippen molar-refractivity contribution >= 4 is 40.4 Å². The van der Waals surface area contributed by atoms with Crippen molar-refractivity contribution in [1.29, 1.82) is 0 Å². The predicted octanol–water partition coefficient (Wildman–Crippen LogP) is 2.42. The molecular formula is C9H12Cl2N2OS. The molecule has 15 heavy (non-hydrogen) atoms. The maximum Gasteiger partial charge on any atom is 0.271 e. The van der Waals surface area contributed by atoms with Gasteiger partial charge in [0.15, 0.2) is 0 Å². The van der Waals surface area contributed by atoms with Gasteiger partial charge in [-0.25, -0.2) is 4.98 Å². The van der Waals surface area contributed by atoms with Gasteiger partial charge in [0.1, 0.15) is 5.69 Å². The highest BCUT2D eigenvalue weighted by Crippen LogP contribution is 2.12. The van der Waals surface area contributed by atoms with Gasteiger partial charge in [-0.3, -0.25) is 4.79 Å². The fraction of sp³-hybridized carbons (Fsp3) is 0.556. The van der Waals surface area contributed by atoms with Crippen LogP contribution >= 0.6 is 34.5 Å². The molecule has 3 nitrogen and oxygen atoms in total. The molecule has 1 amide bonds. The van der Waals surface area contributed by atoms with Crippen molar-refractivity contribution in [3.8, 4) is 0 Å². The van der Waals surface area contributed by atoms with Gasteiger partial charge in [0.2, 0.25) is 0 Å². The topological polar surface area (TPSA) is 42.0 Å². The second kappa shape index (κ2) is 5.14. The summed E-state index contributed by atoms with van der Waals surface area (Å²) in [6.07, 6.45) is 0. The van der Waals surface area contributed by atoms with E-state index in [4.69, 9.17) is 23.2 Å². The van der Waals surface area contributed by atoms with E-state index in [0.717, 1.165) is 5.01 Å². The summed E-state index contributed by atoms with van der Waals surface area (Å²) in [6, 6.07) is 0. The van der Waals surface area contributed by atoms with Gasteiger partial charge in [-0.05, 0) is 13.8 Å². The summed E-state index contributed by atoms with van der Waals surface area (Å²) in [5, 5.41) is 5.34. The third-order valence-corrected chi connectivity index (χ3v) is 3.81. The summed E-state index contributed by atoms with van der Waals surface area (Å²) in [5.41, 5.74) is -0.170. The molecule has 0 spiro atoms. The molecule has 0 atom stereocenters. The first-order valence-corrected chi connectivity index (χ1v) is 6.32. The Balaban J connectivity index is 2.71. The number of aromatic nitrogens is 1. The van der Waals surface area contributed by atoms with E-state index >= 15 is 0 Å². The Kier molecular flexibility index (Phi) is 4.37. The van der Waals surface area contributed by atoms with Gasteiger partial charge in [0.25, 0.3) is 5.91 Å². The quantitative estimate of drug-likeness (QED) is 0.851. The van der Waals surface area contributed by atoms with Crippen LogP contribution < -0.4 is 5.32 Å². The van der Waals surface area contributed by atoms with E-state index in [1.807, 2.05) is 6.92 Å². The van der Waals surface area contributed by atoms with Crippen LogP contribution in [-0.4, -0.2) is 28.2 Å². The lowest BCUT2D eigenvalue weighted by Crippen LogP contribution is -2.49. The van der Waals surface area contributed by atoms with Crippen LogP contribution in [0.1, 0.15) is 22.4 Å². The van der Waals surface area contributed by atoms with Gasteiger partial charge in [-0.15, -0.1) is 34.5 Å². The first-order chi connectivity index (χ1) is 7.00. The number of nitrogens with one attached hydrogen (secondary N) is 1. The fourth-order valence-electron chi connectivity index (χ4n) is 0.908. The number of hydrogen-bond donors (Lipinski definition) is 1. The molecule has 1 N–H and O–H groups in total. The van der Waals surface area contributed by atoms with Crippen molar-refractivity contribution in [2.24, 2.45) is 0 Å². The molecule has 0 unspecified atom stereocenters.